The minimum atomic E-state index is -3.50. The van der Waals surface area contributed by atoms with E-state index in [0.29, 0.717) is 11.4 Å². The third kappa shape index (κ3) is 3.88. The van der Waals surface area contributed by atoms with E-state index in [-0.39, 0.29) is 5.41 Å². The van der Waals surface area contributed by atoms with Crippen LogP contribution in [0.25, 0.3) is 0 Å². The number of methoxy groups -OCH3 is 1. The first-order valence-corrected chi connectivity index (χ1v) is 10.1. The Morgan fingerprint density at radius 1 is 1.08 bits per heavy atom. The molecule has 1 saturated carbocycles. The fraction of sp³-hybridized carbons (Fsp3) is 0.400. The van der Waals surface area contributed by atoms with Crippen molar-refractivity contribution in [1.82, 2.24) is 4.72 Å². The molecule has 0 atom stereocenters. The molecule has 4 nitrogen and oxygen atoms in total. The molecule has 2 aromatic carbocycles. The van der Waals surface area contributed by atoms with Crippen LogP contribution in [0.5, 0.6) is 5.75 Å². The molecule has 0 unspecified atom stereocenters. The minimum absolute atomic E-state index is 0.136. The highest BCUT2D eigenvalue weighted by atomic mass is 32.2. The maximum atomic E-state index is 12.7. The van der Waals surface area contributed by atoms with Crippen LogP contribution in [-0.4, -0.2) is 22.1 Å². The smallest absolute Gasteiger partial charge is 0.240 e. The van der Waals surface area contributed by atoms with Gasteiger partial charge in [0.25, 0.3) is 0 Å². The highest BCUT2D eigenvalue weighted by Gasteiger charge is 2.36. The standard InChI is InChI=1S/C20H25NO3S/c1-16-6-5-7-19(14-16)25(22,23)21-15-20(12-3-4-13-20)17-8-10-18(24-2)11-9-17/h5-11,14,21H,3-4,12-13,15H2,1-2H3. The Bertz CT molecular complexity index is 822. The SMILES string of the molecule is COc1ccc(C2(CNS(=O)(=O)c3cccc(C)c3)CCCC2)cc1. The largest absolute Gasteiger partial charge is 0.497 e. The summed E-state index contributed by atoms with van der Waals surface area (Å²) in [4.78, 5) is 0.329. The lowest BCUT2D eigenvalue weighted by Gasteiger charge is -2.30. The molecule has 2 aromatic rings. The van der Waals surface area contributed by atoms with E-state index in [1.165, 1.54) is 5.56 Å². The summed E-state index contributed by atoms with van der Waals surface area (Å²) in [5, 5.41) is 0. The number of sulfonamides is 1. The fourth-order valence-corrected chi connectivity index (χ4v) is 4.89. The minimum Gasteiger partial charge on any atom is -0.497 e. The van der Waals surface area contributed by atoms with Crippen molar-refractivity contribution in [3.8, 4) is 5.75 Å². The lowest BCUT2D eigenvalue weighted by atomic mass is 9.79. The zero-order valence-electron chi connectivity index (χ0n) is 14.8. The maximum Gasteiger partial charge on any atom is 0.240 e. The van der Waals surface area contributed by atoms with Crippen molar-refractivity contribution in [1.29, 1.82) is 0 Å². The molecule has 134 valence electrons. The summed E-state index contributed by atoms with van der Waals surface area (Å²) in [7, 11) is -1.85. The maximum absolute atomic E-state index is 12.7. The van der Waals surface area contributed by atoms with Crippen molar-refractivity contribution in [2.45, 2.75) is 42.9 Å². The van der Waals surface area contributed by atoms with Crippen LogP contribution in [0.1, 0.15) is 36.8 Å². The Balaban J connectivity index is 1.82. The van der Waals surface area contributed by atoms with Crippen LogP contribution in [0.3, 0.4) is 0 Å². The number of hydrogen-bond donors (Lipinski definition) is 1. The summed E-state index contributed by atoms with van der Waals surface area (Å²) in [5.41, 5.74) is 1.98. The number of ether oxygens (including phenoxy) is 1. The van der Waals surface area contributed by atoms with Gasteiger partial charge in [0.1, 0.15) is 5.75 Å². The first-order valence-electron chi connectivity index (χ1n) is 8.66. The summed E-state index contributed by atoms with van der Waals surface area (Å²) in [5.74, 6) is 0.817. The van der Waals surface area contributed by atoms with E-state index in [9.17, 15) is 8.42 Å². The second kappa shape index (κ2) is 7.18. The van der Waals surface area contributed by atoms with Crippen molar-refractivity contribution in [2.24, 2.45) is 0 Å². The molecule has 0 aliphatic heterocycles. The van der Waals surface area contributed by atoms with Gasteiger partial charge in [0.2, 0.25) is 10.0 Å². The Kier molecular flexibility index (Phi) is 5.16. The number of aryl methyl sites for hydroxylation is 1. The Hall–Kier alpha value is -1.85. The highest BCUT2D eigenvalue weighted by molar-refractivity contribution is 7.89. The number of rotatable bonds is 6. The summed E-state index contributed by atoms with van der Waals surface area (Å²) < 4.78 is 33.5. The molecule has 1 aliphatic carbocycles. The van der Waals surface area contributed by atoms with Gasteiger partial charge in [-0.1, -0.05) is 37.1 Å². The molecule has 0 saturated heterocycles. The second-order valence-corrected chi connectivity index (χ2v) is 8.62. The molecule has 1 N–H and O–H groups in total. The molecule has 0 radical (unpaired) electrons. The molecule has 5 heteroatoms. The first-order chi connectivity index (χ1) is 12.0. The van der Waals surface area contributed by atoms with Crippen LogP contribution in [-0.2, 0) is 15.4 Å². The van der Waals surface area contributed by atoms with Gasteiger partial charge in [-0.05, 0) is 55.2 Å². The zero-order chi connectivity index (χ0) is 17.9. The highest BCUT2D eigenvalue weighted by Crippen LogP contribution is 2.41. The molecular weight excluding hydrogens is 334 g/mol. The van der Waals surface area contributed by atoms with E-state index >= 15 is 0 Å². The Morgan fingerprint density at radius 2 is 1.76 bits per heavy atom. The topological polar surface area (TPSA) is 55.4 Å². The molecule has 1 fully saturated rings. The van der Waals surface area contributed by atoms with Crippen LogP contribution in [0, 0.1) is 6.92 Å². The van der Waals surface area contributed by atoms with Crippen LogP contribution in [0.2, 0.25) is 0 Å². The van der Waals surface area contributed by atoms with Crippen molar-refractivity contribution in [3.05, 3.63) is 59.7 Å². The normalized spacial score (nSPS) is 16.7. The molecule has 1 aliphatic rings. The quantitative estimate of drug-likeness (QED) is 0.854. The van der Waals surface area contributed by atoms with E-state index in [2.05, 4.69) is 16.9 Å². The average Bonchev–Trinajstić information content (AvgIpc) is 3.10. The van der Waals surface area contributed by atoms with Crippen LogP contribution in [0.4, 0.5) is 0 Å². The van der Waals surface area contributed by atoms with Crippen molar-refractivity contribution < 1.29 is 13.2 Å². The van der Waals surface area contributed by atoms with Crippen molar-refractivity contribution in [2.75, 3.05) is 13.7 Å². The van der Waals surface area contributed by atoms with E-state index < -0.39 is 10.0 Å². The van der Waals surface area contributed by atoms with E-state index in [4.69, 9.17) is 4.74 Å². The zero-order valence-corrected chi connectivity index (χ0v) is 15.6. The Morgan fingerprint density at radius 3 is 2.36 bits per heavy atom. The molecule has 3 rings (SSSR count). The molecule has 0 bridgehead atoms. The third-order valence-electron chi connectivity index (χ3n) is 5.16. The van der Waals surface area contributed by atoms with Crippen molar-refractivity contribution >= 4 is 10.0 Å². The summed E-state index contributed by atoms with van der Waals surface area (Å²) in [6, 6.07) is 15.0. The summed E-state index contributed by atoms with van der Waals surface area (Å²) in [6.45, 7) is 2.32. The molecule has 0 spiro atoms. The number of benzene rings is 2. The molecule has 25 heavy (non-hydrogen) atoms. The predicted octanol–water partition coefficient (Wildman–Crippen LogP) is 3.79. The van der Waals surface area contributed by atoms with Gasteiger partial charge in [0.05, 0.1) is 12.0 Å². The Labute approximate surface area is 150 Å². The van der Waals surface area contributed by atoms with Gasteiger partial charge in [0, 0.05) is 12.0 Å². The second-order valence-electron chi connectivity index (χ2n) is 6.86. The average molecular weight is 359 g/mol. The van der Waals surface area contributed by atoms with E-state index in [0.717, 1.165) is 37.0 Å². The van der Waals surface area contributed by atoms with Crippen LogP contribution >= 0.6 is 0 Å². The summed E-state index contributed by atoms with van der Waals surface area (Å²) >= 11 is 0. The number of hydrogen-bond acceptors (Lipinski definition) is 3. The molecule has 0 aromatic heterocycles. The van der Waals surface area contributed by atoms with Gasteiger partial charge < -0.3 is 4.74 Å². The van der Waals surface area contributed by atoms with Crippen LogP contribution in [0.15, 0.2) is 53.4 Å². The lowest BCUT2D eigenvalue weighted by Crippen LogP contribution is -2.39. The molecular formula is C20H25NO3S. The first kappa shape index (κ1) is 18.0. The van der Waals surface area contributed by atoms with Gasteiger partial charge in [-0.15, -0.1) is 0 Å². The lowest BCUT2D eigenvalue weighted by molar-refractivity contribution is 0.410. The van der Waals surface area contributed by atoms with Crippen LogP contribution < -0.4 is 9.46 Å². The van der Waals surface area contributed by atoms with Gasteiger partial charge in [-0.2, -0.15) is 0 Å². The van der Waals surface area contributed by atoms with Gasteiger partial charge in [-0.25, -0.2) is 13.1 Å². The third-order valence-corrected chi connectivity index (χ3v) is 6.56. The number of nitrogens with one attached hydrogen (secondary N) is 1. The molecule has 0 amide bonds. The van der Waals surface area contributed by atoms with Gasteiger partial charge in [0.15, 0.2) is 0 Å². The fourth-order valence-electron chi connectivity index (χ4n) is 3.66. The van der Waals surface area contributed by atoms with E-state index in [1.807, 2.05) is 25.1 Å². The predicted molar refractivity (Wildman–Crippen MR) is 99.5 cm³/mol. The van der Waals surface area contributed by atoms with Crippen molar-refractivity contribution in [3.63, 3.8) is 0 Å². The van der Waals surface area contributed by atoms with E-state index in [1.54, 1.807) is 25.3 Å². The molecule has 0 heterocycles. The monoisotopic (exact) mass is 359 g/mol. The van der Waals surface area contributed by atoms with Gasteiger partial charge in [-0.3, -0.25) is 0 Å². The van der Waals surface area contributed by atoms with Gasteiger partial charge >= 0.3 is 0 Å². The summed E-state index contributed by atoms with van der Waals surface area (Å²) in [6.07, 6.45) is 4.24.